The molecule has 0 aliphatic rings. The molecule has 108 valence electrons. The van der Waals surface area contributed by atoms with Gasteiger partial charge in [-0.3, -0.25) is 0 Å². The second kappa shape index (κ2) is 16.5. The van der Waals surface area contributed by atoms with Crippen molar-refractivity contribution in [2.45, 2.75) is 12.8 Å². The summed E-state index contributed by atoms with van der Waals surface area (Å²) >= 11 is 0. The van der Waals surface area contributed by atoms with Gasteiger partial charge in [0.1, 0.15) is 6.29 Å². The average molecular weight is 264 g/mol. The lowest BCUT2D eigenvalue weighted by Gasteiger charge is -2.06. The molecule has 0 bridgehead atoms. The minimum Gasteiger partial charge on any atom is -0.396 e. The van der Waals surface area contributed by atoms with E-state index in [-0.39, 0.29) is 6.61 Å². The van der Waals surface area contributed by atoms with E-state index in [0.29, 0.717) is 65.7 Å². The first-order valence-corrected chi connectivity index (χ1v) is 6.27. The molecule has 0 radical (unpaired) electrons. The smallest absolute Gasteiger partial charge is 0.122 e. The fourth-order valence-electron chi connectivity index (χ4n) is 1.06. The van der Waals surface area contributed by atoms with Crippen molar-refractivity contribution in [3.05, 3.63) is 0 Å². The molecule has 0 saturated carbocycles. The van der Waals surface area contributed by atoms with Crippen molar-refractivity contribution in [2.75, 3.05) is 59.5 Å². The summed E-state index contributed by atoms with van der Waals surface area (Å²) in [5, 5.41) is 8.50. The van der Waals surface area contributed by atoms with Crippen LogP contribution >= 0.6 is 0 Å². The van der Waals surface area contributed by atoms with Crippen LogP contribution in [0.3, 0.4) is 0 Å². The second-order valence-corrected chi connectivity index (χ2v) is 3.48. The van der Waals surface area contributed by atoms with Gasteiger partial charge in [0.2, 0.25) is 0 Å². The molecule has 0 aromatic carbocycles. The summed E-state index contributed by atoms with van der Waals surface area (Å²) in [5.74, 6) is 0. The van der Waals surface area contributed by atoms with Crippen molar-refractivity contribution in [2.24, 2.45) is 0 Å². The molecule has 0 aromatic rings. The van der Waals surface area contributed by atoms with E-state index >= 15 is 0 Å². The largest absolute Gasteiger partial charge is 0.396 e. The Hall–Kier alpha value is -0.530. The fraction of sp³-hybridized carbons (Fsp3) is 0.917. The van der Waals surface area contributed by atoms with Crippen molar-refractivity contribution < 1.29 is 28.8 Å². The second-order valence-electron chi connectivity index (χ2n) is 3.48. The van der Waals surface area contributed by atoms with Crippen molar-refractivity contribution in [1.29, 1.82) is 0 Å². The van der Waals surface area contributed by atoms with Gasteiger partial charge in [-0.05, 0) is 6.42 Å². The maximum Gasteiger partial charge on any atom is 0.122 e. The van der Waals surface area contributed by atoms with Crippen LogP contribution in [0.15, 0.2) is 0 Å². The summed E-state index contributed by atoms with van der Waals surface area (Å²) in [7, 11) is 0. The third kappa shape index (κ3) is 15.5. The van der Waals surface area contributed by atoms with Crippen LogP contribution in [0.2, 0.25) is 0 Å². The predicted octanol–water partition coefficient (Wildman–Crippen LogP) is 0.0242. The van der Waals surface area contributed by atoms with Crippen LogP contribution < -0.4 is 0 Å². The first kappa shape index (κ1) is 17.5. The quantitative estimate of drug-likeness (QED) is 0.332. The topological polar surface area (TPSA) is 74.2 Å². The standard InChI is InChI=1S/C12H24O6/c13-3-1-5-15-7-9-17-11-12-18-10-8-16-6-2-4-14/h3,14H,1-2,4-12H2. The molecule has 6 heteroatoms. The Morgan fingerprint density at radius 2 is 1.17 bits per heavy atom. The van der Waals surface area contributed by atoms with Gasteiger partial charge < -0.3 is 28.8 Å². The SMILES string of the molecule is O=CCCOCCOCCOCCOCCCO. The van der Waals surface area contributed by atoms with Gasteiger partial charge in [-0.15, -0.1) is 0 Å². The molecule has 0 heterocycles. The molecule has 6 nitrogen and oxygen atoms in total. The number of hydrogen-bond donors (Lipinski definition) is 1. The van der Waals surface area contributed by atoms with Gasteiger partial charge in [-0.25, -0.2) is 0 Å². The molecule has 0 unspecified atom stereocenters. The molecule has 0 saturated heterocycles. The first-order chi connectivity index (χ1) is 8.91. The third-order valence-electron chi connectivity index (χ3n) is 1.94. The molecule has 18 heavy (non-hydrogen) atoms. The van der Waals surface area contributed by atoms with Gasteiger partial charge in [0.15, 0.2) is 0 Å². The lowest BCUT2D eigenvalue weighted by atomic mass is 10.5. The summed E-state index contributed by atoms with van der Waals surface area (Å²) < 4.78 is 20.8. The average Bonchev–Trinajstić information content (AvgIpc) is 2.39. The molecular formula is C12H24O6. The first-order valence-electron chi connectivity index (χ1n) is 6.27. The number of aliphatic hydroxyl groups is 1. The molecule has 0 atom stereocenters. The third-order valence-corrected chi connectivity index (χ3v) is 1.94. The van der Waals surface area contributed by atoms with Crippen molar-refractivity contribution in [3.8, 4) is 0 Å². The number of carbonyl (C=O) groups is 1. The van der Waals surface area contributed by atoms with Crippen LogP contribution in [0.5, 0.6) is 0 Å². The molecule has 0 aliphatic heterocycles. The van der Waals surface area contributed by atoms with Gasteiger partial charge >= 0.3 is 0 Å². The Bertz CT molecular complexity index is 165. The van der Waals surface area contributed by atoms with Gasteiger partial charge in [-0.2, -0.15) is 0 Å². The Balaban J connectivity index is 2.88. The normalized spacial score (nSPS) is 10.7. The predicted molar refractivity (Wildman–Crippen MR) is 65.7 cm³/mol. The van der Waals surface area contributed by atoms with Crippen LogP contribution in [-0.4, -0.2) is 70.9 Å². The zero-order valence-electron chi connectivity index (χ0n) is 10.8. The number of rotatable bonds is 15. The Morgan fingerprint density at radius 1 is 0.722 bits per heavy atom. The van der Waals surface area contributed by atoms with Gasteiger partial charge in [-0.1, -0.05) is 0 Å². The van der Waals surface area contributed by atoms with Crippen LogP contribution in [0.25, 0.3) is 0 Å². The number of aldehydes is 1. The van der Waals surface area contributed by atoms with Gasteiger partial charge in [0.05, 0.1) is 46.2 Å². The van der Waals surface area contributed by atoms with Crippen molar-refractivity contribution in [1.82, 2.24) is 0 Å². The van der Waals surface area contributed by atoms with E-state index < -0.39 is 0 Å². The summed E-state index contributed by atoms with van der Waals surface area (Å²) in [6.45, 7) is 4.30. The molecule has 0 aromatic heterocycles. The molecule has 1 N–H and O–H groups in total. The molecule has 0 fully saturated rings. The Labute approximate surface area is 108 Å². The minimum absolute atomic E-state index is 0.156. The van der Waals surface area contributed by atoms with E-state index in [1.807, 2.05) is 0 Å². The monoisotopic (exact) mass is 264 g/mol. The highest BCUT2D eigenvalue weighted by molar-refractivity contribution is 5.49. The minimum atomic E-state index is 0.156. The van der Waals surface area contributed by atoms with Crippen LogP contribution in [0.4, 0.5) is 0 Å². The number of carbonyl (C=O) groups excluding carboxylic acids is 1. The van der Waals surface area contributed by atoms with E-state index in [1.54, 1.807) is 0 Å². The molecule has 0 aliphatic carbocycles. The molecule has 0 spiro atoms. The van der Waals surface area contributed by atoms with Crippen molar-refractivity contribution in [3.63, 3.8) is 0 Å². The van der Waals surface area contributed by atoms with Crippen LogP contribution in [0.1, 0.15) is 12.8 Å². The molecular weight excluding hydrogens is 240 g/mol. The Kier molecular flexibility index (Phi) is 16.0. The van der Waals surface area contributed by atoms with Crippen LogP contribution in [-0.2, 0) is 23.7 Å². The van der Waals surface area contributed by atoms with E-state index in [2.05, 4.69) is 0 Å². The fourth-order valence-corrected chi connectivity index (χ4v) is 1.06. The number of hydrogen-bond acceptors (Lipinski definition) is 6. The summed E-state index contributed by atoms with van der Waals surface area (Å²) in [6.07, 6.45) is 1.92. The zero-order chi connectivity index (χ0) is 13.3. The highest BCUT2D eigenvalue weighted by atomic mass is 16.6. The maximum atomic E-state index is 9.97. The van der Waals surface area contributed by atoms with E-state index in [0.717, 1.165) is 6.29 Å². The zero-order valence-corrected chi connectivity index (χ0v) is 10.8. The highest BCUT2D eigenvalue weighted by Gasteiger charge is 1.92. The van der Waals surface area contributed by atoms with Crippen LogP contribution in [0, 0.1) is 0 Å². The number of ether oxygens (including phenoxy) is 4. The molecule has 0 amide bonds. The molecule has 0 rings (SSSR count). The summed E-state index contributed by atoms with van der Waals surface area (Å²) in [5.41, 5.74) is 0. The van der Waals surface area contributed by atoms with Gasteiger partial charge in [0.25, 0.3) is 0 Å². The summed E-state index contributed by atoms with van der Waals surface area (Å²) in [6, 6.07) is 0. The van der Waals surface area contributed by atoms with E-state index in [9.17, 15) is 4.79 Å². The van der Waals surface area contributed by atoms with Crippen molar-refractivity contribution >= 4 is 6.29 Å². The lowest BCUT2D eigenvalue weighted by Crippen LogP contribution is -2.12. The number of aliphatic hydroxyl groups excluding tert-OH is 1. The Morgan fingerprint density at radius 3 is 1.61 bits per heavy atom. The summed E-state index contributed by atoms with van der Waals surface area (Å²) in [4.78, 5) is 9.97. The van der Waals surface area contributed by atoms with E-state index in [4.69, 9.17) is 24.1 Å². The lowest BCUT2D eigenvalue weighted by molar-refractivity contribution is -0.108. The van der Waals surface area contributed by atoms with Gasteiger partial charge in [0, 0.05) is 19.6 Å². The van der Waals surface area contributed by atoms with E-state index in [1.165, 1.54) is 0 Å². The maximum absolute atomic E-state index is 9.97. The highest BCUT2D eigenvalue weighted by Crippen LogP contribution is 1.84.